The van der Waals surface area contributed by atoms with Crippen LogP contribution in [0.1, 0.15) is 12.8 Å². The first-order valence-electron chi connectivity index (χ1n) is 10.6. The van der Waals surface area contributed by atoms with Crippen LogP contribution in [-0.2, 0) is 9.47 Å². The lowest BCUT2D eigenvalue weighted by Crippen LogP contribution is -2.61. The van der Waals surface area contributed by atoms with Gasteiger partial charge in [-0.15, -0.1) is 10.0 Å². The van der Waals surface area contributed by atoms with Crippen molar-refractivity contribution in [3.05, 3.63) is 48.3 Å². The SMILES string of the molecule is COC1=CC2C=CN=C2C=C1NC1=N[N+]2(N3CCC4(CC3)CNC(=O)O4)C=CN=CC2=N1. The third kappa shape index (κ3) is 2.93. The summed E-state index contributed by atoms with van der Waals surface area (Å²) in [6, 6.07) is 0. The van der Waals surface area contributed by atoms with Gasteiger partial charge in [0.05, 0.1) is 44.4 Å². The van der Waals surface area contributed by atoms with Crippen LogP contribution in [0.25, 0.3) is 0 Å². The molecule has 11 heteroatoms. The average molecular weight is 435 g/mol. The van der Waals surface area contributed by atoms with E-state index >= 15 is 0 Å². The van der Waals surface area contributed by atoms with E-state index in [0.29, 0.717) is 31.4 Å². The molecular formula is C21H23N8O3+. The molecule has 6 aliphatic rings. The summed E-state index contributed by atoms with van der Waals surface area (Å²) in [5, 5.41) is 13.2. The highest BCUT2D eigenvalue weighted by Gasteiger charge is 2.52. The minimum atomic E-state index is -0.432. The standard InChI is InChI=1S/C21H22N8O3/c1-31-17-10-14-2-5-23-15(14)11-16(17)25-19-26-18-12-22-6-9-29(18,27-19)28-7-3-21(4-8-28)13-24-20(30)32-21/h2,5-6,9-12,14H,3-4,7-8,13H2,1H3,(H-,23,24,25,27,30)/p+1. The number of piperidine rings is 1. The number of hydrogen-bond donors (Lipinski definition) is 2. The highest BCUT2D eigenvalue weighted by Crippen LogP contribution is 2.34. The molecule has 1 spiro atoms. The Hall–Kier alpha value is -3.57. The number of nitrogens with one attached hydrogen (secondary N) is 2. The highest BCUT2D eigenvalue weighted by molar-refractivity contribution is 6.30. The van der Waals surface area contributed by atoms with Gasteiger partial charge in [-0.05, 0) is 22.0 Å². The molecule has 0 aromatic carbocycles. The quantitative estimate of drug-likeness (QED) is 0.646. The number of nitrogens with zero attached hydrogens (tertiary/aromatic N) is 6. The molecule has 164 valence electrons. The number of carbonyl (C=O) groups excluding carboxylic acids is 1. The van der Waals surface area contributed by atoms with Gasteiger partial charge in [-0.3, -0.25) is 9.98 Å². The van der Waals surface area contributed by atoms with Crippen molar-refractivity contribution in [1.29, 1.82) is 0 Å². The fourth-order valence-corrected chi connectivity index (χ4v) is 4.76. The van der Waals surface area contributed by atoms with Gasteiger partial charge < -0.3 is 20.1 Å². The number of methoxy groups -OCH3 is 1. The summed E-state index contributed by atoms with van der Waals surface area (Å²) in [4.78, 5) is 25.0. The third-order valence-corrected chi connectivity index (χ3v) is 6.52. The molecule has 2 fully saturated rings. The van der Waals surface area contributed by atoms with Crippen LogP contribution < -0.4 is 10.6 Å². The van der Waals surface area contributed by atoms with Gasteiger partial charge in [-0.2, -0.15) is 0 Å². The molecule has 2 saturated heterocycles. The molecule has 1 amide bonds. The van der Waals surface area contributed by atoms with Crippen molar-refractivity contribution in [2.24, 2.45) is 26.0 Å². The second kappa shape index (κ2) is 6.97. The molecule has 0 aromatic rings. The van der Waals surface area contributed by atoms with Gasteiger partial charge in [-0.25, -0.2) is 4.79 Å². The number of guanidine groups is 1. The molecule has 2 atom stereocenters. The average Bonchev–Trinajstić information content (AvgIpc) is 3.50. The van der Waals surface area contributed by atoms with E-state index in [0.717, 1.165) is 30.0 Å². The number of ether oxygens (including phenoxy) is 2. The summed E-state index contributed by atoms with van der Waals surface area (Å²) in [6.45, 7) is 1.94. The van der Waals surface area contributed by atoms with Crippen LogP contribution in [0.3, 0.4) is 0 Å². The first-order chi connectivity index (χ1) is 15.6. The summed E-state index contributed by atoms with van der Waals surface area (Å²) >= 11 is 0. The second-order valence-electron chi connectivity index (χ2n) is 8.34. The van der Waals surface area contributed by atoms with Crippen LogP contribution >= 0.6 is 0 Å². The van der Waals surface area contributed by atoms with Gasteiger partial charge in [-0.1, -0.05) is 6.08 Å². The molecule has 2 N–H and O–H groups in total. The molecule has 32 heavy (non-hydrogen) atoms. The second-order valence-corrected chi connectivity index (χ2v) is 8.34. The lowest BCUT2D eigenvalue weighted by atomic mass is 9.92. The summed E-state index contributed by atoms with van der Waals surface area (Å²) in [6.07, 6.45) is 14.3. The van der Waals surface area contributed by atoms with Crippen molar-refractivity contribution < 1.29 is 19.0 Å². The number of carbonyl (C=O) groups is 1. The Bertz CT molecular complexity index is 1120. The van der Waals surface area contributed by atoms with Gasteiger partial charge in [0.1, 0.15) is 17.6 Å². The number of allylic oxidation sites excluding steroid dienone is 3. The Morgan fingerprint density at radius 1 is 1.34 bits per heavy atom. The van der Waals surface area contributed by atoms with Gasteiger partial charge in [0.15, 0.2) is 6.20 Å². The fraction of sp³-hybridized carbons (Fsp3) is 0.381. The Morgan fingerprint density at radius 2 is 2.22 bits per heavy atom. The van der Waals surface area contributed by atoms with Crippen LogP contribution in [0.5, 0.6) is 0 Å². The lowest BCUT2D eigenvalue weighted by Gasteiger charge is -2.41. The third-order valence-electron chi connectivity index (χ3n) is 6.52. The van der Waals surface area contributed by atoms with E-state index in [4.69, 9.17) is 19.6 Å². The van der Waals surface area contributed by atoms with E-state index in [9.17, 15) is 4.79 Å². The Morgan fingerprint density at radius 3 is 3.00 bits per heavy atom. The van der Waals surface area contributed by atoms with Gasteiger partial charge in [0.25, 0.3) is 5.96 Å². The molecular weight excluding hydrogens is 412 g/mol. The monoisotopic (exact) mass is 435 g/mol. The van der Waals surface area contributed by atoms with E-state index in [2.05, 4.69) is 25.6 Å². The molecule has 0 saturated carbocycles. The predicted octanol–water partition coefficient (Wildman–Crippen LogP) is 1.13. The molecule has 0 aromatic heterocycles. The predicted molar refractivity (Wildman–Crippen MR) is 117 cm³/mol. The van der Waals surface area contributed by atoms with Crippen LogP contribution in [0.2, 0.25) is 0 Å². The molecule has 5 heterocycles. The van der Waals surface area contributed by atoms with E-state index in [1.165, 1.54) is 0 Å². The number of hydrogen-bond acceptors (Lipinski definition) is 9. The van der Waals surface area contributed by atoms with Crippen LogP contribution in [0, 0.1) is 5.92 Å². The Balaban J connectivity index is 1.25. The summed E-state index contributed by atoms with van der Waals surface area (Å²) in [5.74, 6) is 2.02. The first-order valence-corrected chi connectivity index (χ1v) is 10.6. The van der Waals surface area contributed by atoms with Gasteiger partial charge in [0, 0.05) is 25.0 Å². The van der Waals surface area contributed by atoms with Crippen molar-refractivity contribution >= 4 is 29.8 Å². The minimum Gasteiger partial charge on any atom is -0.495 e. The maximum absolute atomic E-state index is 11.6. The highest BCUT2D eigenvalue weighted by atomic mass is 16.6. The smallest absolute Gasteiger partial charge is 0.407 e. The van der Waals surface area contributed by atoms with E-state index < -0.39 is 5.60 Å². The van der Waals surface area contributed by atoms with Crippen LogP contribution in [0.4, 0.5) is 4.79 Å². The van der Waals surface area contributed by atoms with Gasteiger partial charge >= 0.3 is 11.9 Å². The number of fused-ring (bicyclic) bond motifs is 2. The number of amides is 1. The topological polar surface area (TPSA) is 112 Å². The van der Waals surface area contributed by atoms with Crippen molar-refractivity contribution in [1.82, 2.24) is 15.6 Å². The number of aliphatic imine (C=N–C) groups is 3. The molecule has 6 rings (SSSR count). The fourth-order valence-electron chi connectivity index (χ4n) is 4.76. The maximum Gasteiger partial charge on any atom is 0.407 e. The van der Waals surface area contributed by atoms with Crippen molar-refractivity contribution in [2.45, 2.75) is 18.4 Å². The van der Waals surface area contributed by atoms with E-state index in [1.807, 2.05) is 24.4 Å². The molecule has 5 aliphatic heterocycles. The minimum absolute atomic E-state index is 0.105. The molecule has 11 nitrogen and oxygen atoms in total. The lowest BCUT2D eigenvalue weighted by molar-refractivity contribution is -0.919. The normalized spacial score (nSPS) is 31.7. The zero-order valence-corrected chi connectivity index (χ0v) is 17.6. The number of amidine groups is 1. The number of alkyl carbamates (subject to hydrolysis) is 1. The van der Waals surface area contributed by atoms with Gasteiger partial charge in [0.2, 0.25) is 0 Å². The number of rotatable bonds is 3. The largest absolute Gasteiger partial charge is 0.495 e. The van der Waals surface area contributed by atoms with Crippen molar-refractivity contribution in [3.63, 3.8) is 0 Å². The summed E-state index contributed by atoms with van der Waals surface area (Å²) in [5.41, 5.74) is 1.28. The molecule has 2 unspecified atom stereocenters. The molecule has 0 bridgehead atoms. The van der Waals surface area contributed by atoms with Crippen LogP contribution in [0.15, 0.2) is 68.4 Å². The van der Waals surface area contributed by atoms with Crippen molar-refractivity contribution in [3.8, 4) is 0 Å². The van der Waals surface area contributed by atoms with E-state index in [-0.39, 0.29) is 16.7 Å². The Kier molecular flexibility index (Phi) is 4.17. The maximum atomic E-state index is 11.6. The zero-order chi connectivity index (χ0) is 21.8. The summed E-state index contributed by atoms with van der Waals surface area (Å²) < 4.78 is 11.2. The number of quaternary nitrogens is 1. The van der Waals surface area contributed by atoms with Crippen LogP contribution in [-0.4, -0.2) is 71.9 Å². The molecule has 1 aliphatic carbocycles. The first kappa shape index (κ1) is 19.1. The van der Waals surface area contributed by atoms with Crippen molar-refractivity contribution in [2.75, 3.05) is 26.7 Å². The summed E-state index contributed by atoms with van der Waals surface area (Å²) in [7, 11) is 1.64. The van der Waals surface area contributed by atoms with E-state index in [1.54, 1.807) is 25.7 Å². The molecule has 0 radical (unpaired) electrons. The Labute approximate surface area is 184 Å². The zero-order valence-electron chi connectivity index (χ0n) is 17.6.